The van der Waals surface area contributed by atoms with Crippen LogP contribution in [0.1, 0.15) is 22.8 Å². The predicted molar refractivity (Wildman–Crippen MR) is 133 cm³/mol. The number of anilines is 2. The molecule has 1 heterocycles. The Bertz CT molecular complexity index is 1220. The van der Waals surface area contributed by atoms with Crippen molar-refractivity contribution in [1.29, 1.82) is 0 Å². The van der Waals surface area contributed by atoms with Crippen LogP contribution in [0.2, 0.25) is 0 Å². The highest BCUT2D eigenvalue weighted by atomic mass is 16.5. The van der Waals surface area contributed by atoms with Gasteiger partial charge in [0.05, 0.1) is 26.5 Å². The topological polar surface area (TPSA) is 86.3 Å². The first-order valence-corrected chi connectivity index (χ1v) is 11.2. The fraction of sp³-hybridized carbons (Fsp3) is 0.259. The van der Waals surface area contributed by atoms with E-state index in [1.54, 1.807) is 48.2 Å². The Hall–Kier alpha value is -4.20. The zero-order chi connectivity index (χ0) is 24.9. The number of aryl methyl sites for hydroxylation is 1. The van der Waals surface area contributed by atoms with Gasteiger partial charge in [-0.25, -0.2) is 0 Å². The molecule has 0 saturated heterocycles. The van der Waals surface area contributed by atoms with Crippen LogP contribution in [-0.4, -0.2) is 45.3 Å². The molecule has 0 radical (unpaired) electrons. The number of benzene rings is 3. The Morgan fingerprint density at radius 1 is 1.00 bits per heavy atom. The first-order chi connectivity index (χ1) is 16.9. The largest absolute Gasteiger partial charge is 0.493 e. The highest BCUT2D eigenvalue weighted by molar-refractivity contribution is 6.06. The molecule has 1 unspecified atom stereocenters. The minimum absolute atomic E-state index is 0.173. The standard InChI is InChI=1S/C27H28N2O6/c1-17-5-9-21(10-6-17)34-14-13-29-22-16-20(8-12-23(22)35-18(2)27(29)31)28-26(30)19-7-11-24(32-3)25(15-19)33-4/h5-12,15-16,18H,13-14H2,1-4H3,(H,28,30). The van der Waals surface area contributed by atoms with Crippen LogP contribution in [0.3, 0.4) is 0 Å². The van der Waals surface area contributed by atoms with E-state index in [9.17, 15) is 9.59 Å². The van der Waals surface area contributed by atoms with Crippen molar-refractivity contribution in [1.82, 2.24) is 0 Å². The van der Waals surface area contributed by atoms with Crippen LogP contribution in [0.15, 0.2) is 60.7 Å². The fourth-order valence-electron chi connectivity index (χ4n) is 3.79. The van der Waals surface area contributed by atoms with Gasteiger partial charge in [0.2, 0.25) is 0 Å². The molecule has 0 aliphatic carbocycles. The normalized spacial score (nSPS) is 14.6. The summed E-state index contributed by atoms with van der Waals surface area (Å²) in [6.07, 6.45) is -0.617. The lowest BCUT2D eigenvalue weighted by atomic mass is 10.1. The van der Waals surface area contributed by atoms with Gasteiger partial charge in [0, 0.05) is 11.3 Å². The Kier molecular flexibility index (Phi) is 7.10. The molecule has 1 aliphatic rings. The quantitative estimate of drug-likeness (QED) is 0.517. The first kappa shape index (κ1) is 23.9. The van der Waals surface area contributed by atoms with Crippen molar-refractivity contribution < 1.29 is 28.5 Å². The summed E-state index contributed by atoms with van der Waals surface area (Å²) in [5.41, 5.74) is 2.65. The number of rotatable bonds is 8. The van der Waals surface area contributed by atoms with E-state index in [1.807, 2.05) is 31.2 Å². The van der Waals surface area contributed by atoms with Gasteiger partial charge in [0.15, 0.2) is 17.6 Å². The van der Waals surface area contributed by atoms with Crippen molar-refractivity contribution in [2.45, 2.75) is 20.0 Å². The van der Waals surface area contributed by atoms with Crippen molar-refractivity contribution in [2.75, 3.05) is 37.6 Å². The summed E-state index contributed by atoms with van der Waals surface area (Å²) in [5, 5.41) is 2.87. The summed E-state index contributed by atoms with van der Waals surface area (Å²) in [7, 11) is 3.05. The average molecular weight is 477 g/mol. The lowest BCUT2D eigenvalue weighted by molar-refractivity contribution is -0.125. The maximum atomic E-state index is 12.9. The van der Waals surface area contributed by atoms with E-state index in [4.69, 9.17) is 18.9 Å². The third kappa shape index (κ3) is 5.32. The van der Waals surface area contributed by atoms with Crippen LogP contribution >= 0.6 is 0 Å². The average Bonchev–Trinajstić information content (AvgIpc) is 2.87. The lowest BCUT2D eigenvalue weighted by Crippen LogP contribution is -2.46. The Balaban J connectivity index is 1.51. The summed E-state index contributed by atoms with van der Waals surface area (Å²) in [6.45, 7) is 4.37. The monoisotopic (exact) mass is 476 g/mol. The fourth-order valence-corrected chi connectivity index (χ4v) is 3.79. The molecule has 3 aromatic rings. The van der Waals surface area contributed by atoms with Crippen molar-refractivity contribution in [3.63, 3.8) is 0 Å². The zero-order valence-electron chi connectivity index (χ0n) is 20.2. The molecule has 1 aliphatic heterocycles. The number of fused-ring (bicyclic) bond motifs is 1. The molecule has 4 rings (SSSR count). The summed E-state index contributed by atoms with van der Waals surface area (Å²) in [4.78, 5) is 27.4. The van der Waals surface area contributed by atoms with Gasteiger partial charge in [-0.2, -0.15) is 0 Å². The van der Waals surface area contributed by atoms with Gasteiger partial charge in [0.1, 0.15) is 18.1 Å². The Morgan fingerprint density at radius 2 is 1.74 bits per heavy atom. The van der Waals surface area contributed by atoms with Crippen LogP contribution in [0, 0.1) is 6.92 Å². The smallest absolute Gasteiger partial charge is 0.267 e. The van der Waals surface area contributed by atoms with E-state index in [0.29, 0.717) is 47.3 Å². The minimum Gasteiger partial charge on any atom is -0.493 e. The van der Waals surface area contributed by atoms with E-state index in [0.717, 1.165) is 11.3 Å². The van der Waals surface area contributed by atoms with E-state index in [1.165, 1.54) is 14.2 Å². The number of methoxy groups -OCH3 is 2. The van der Waals surface area contributed by atoms with Gasteiger partial charge in [-0.15, -0.1) is 0 Å². The second kappa shape index (κ2) is 10.4. The van der Waals surface area contributed by atoms with Crippen LogP contribution in [0.5, 0.6) is 23.0 Å². The van der Waals surface area contributed by atoms with Gasteiger partial charge in [0.25, 0.3) is 11.8 Å². The molecule has 1 atom stereocenters. The second-order valence-corrected chi connectivity index (χ2v) is 8.12. The van der Waals surface area contributed by atoms with Gasteiger partial charge in [-0.3, -0.25) is 9.59 Å². The minimum atomic E-state index is -0.617. The number of carbonyl (C=O) groups excluding carboxylic acids is 2. The highest BCUT2D eigenvalue weighted by Crippen LogP contribution is 2.36. The molecule has 35 heavy (non-hydrogen) atoms. The summed E-state index contributed by atoms with van der Waals surface area (Å²) in [5.74, 6) is 1.80. The highest BCUT2D eigenvalue weighted by Gasteiger charge is 2.31. The lowest BCUT2D eigenvalue weighted by Gasteiger charge is -2.33. The molecule has 0 spiro atoms. The molecular weight excluding hydrogens is 448 g/mol. The molecule has 0 saturated carbocycles. The molecule has 182 valence electrons. The molecule has 8 nitrogen and oxygen atoms in total. The number of nitrogens with zero attached hydrogens (tertiary/aromatic N) is 1. The molecule has 0 bridgehead atoms. The van der Waals surface area contributed by atoms with Gasteiger partial charge in [-0.05, 0) is 62.4 Å². The molecule has 0 aromatic heterocycles. The zero-order valence-corrected chi connectivity index (χ0v) is 20.2. The number of hydrogen-bond acceptors (Lipinski definition) is 6. The Labute approximate surface area is 204 Å². The van der Waals surface area contributed by atoms with Crippen molar-refractivity contribution >= 4 is 23.2 Å². The van der Waals surface area contributed by atoms with E-state index in [-0.39, 0.29) is 11.8 Å². The maximum absolute atomic E-state index is 12.9. The molecular formula is C27H28N2O6. The maximum Gasteiger partial charge on any atom is 0.267 e. The molecule has 3 aromatic carbocycles. The molecule has 0 fully saturated rings. The van der Waals surface area contributed by atoms with E-state index in [2.05, 4.69) is 5.32 Å². The number of hydrogen-bond donors (Lipinski definition) is 1. The van der Waals surface area contributed by atoms with Gasteiger partial charge < -0.3 is 29.2 Å². The SMILES string of the molecule is COc1ccc(C(=O)Nc2ccc3c(c2)N(CCOc2ccc(C)cc2)C(=O)C(C)O3)cc1OC. The van der Waals surface area contributed by atoms with Crippen molar-refractivity contribution in [2.24, 2.45) is 0 Å². The second-order valence-electron chi connectivity index (χ2n) is 8.12. The number of amides is 2. The van der Waals surface area contributed by atoms with E-state index < -0.39 is 6.10 Å². The van der Waals surface area contributed by atoms with Crippen molar-refractivity contribution in [3.05, 3.63) is 71.8 Å². The third-order valence-electron chi connectivity index (χ3n) is 5.68. The number of ether oxygens (including phenoxy) is 4. The van der Waals surface area contributed by atoms with Crippen LogP contribution in [-0.2, 0) is 4.79 Å². The summed E-state index contributed by atoms with van der Waals surface area (Å²) in [6, 6.07) is 17.9. The summed E-state index contributed by atoms with van der Waals surface area (Å²) < 4.78 is 22.1. The number of carbonyl (C=O) groups is 2. The third-order valence-corrected chi connectivity index (χ3v) is 5.68. The number of nitrogens with one attached hydrogen (secondary N) is 1. The van der Waals surface area contributed by atoms with Crippen LogP contribution in [0.25, 0.3) is 0 Å². The first-order valence-electron chi connectivity index (χ1n) is 11.2. The molecule has 2 amide bonds. The molecule has 1 N–H and O–H groups in total. The summed E-state index contributed by atoms with van der Waals surface area (Å²) >= 11 is 0. The van der Waals surface area contributed by atoms with E-state index >= 15 is 0 Å². The Morgan fingerprint density at radius 3 is 2.46 bits per heavy atom. The van der Waals surface area contributed by atoms with Crippen molar-refractivity contribution in [3.8, 4) is 23.0 Å². The van der Waals surface area contributed by atoms with Gasteiger partial charge in [-0.1, -0.05) is 17.7 Å². The molecule has 8 heteroatoms. The van der Waals surface area contributed by atoms with Gasteiger partial charge >= 0.3 is 0 Å². The van der Waals surface area contributed by atoms with Crippen LogP contribution in [0.4, 0.5) is 11.4 Å². The van der Waals surface area contributed by atoms with Crippen LogP contribution < -0.4 is 29.2 Å². The predicted octanol–water partition coefficient (Wildman–Crippen LogP) is 4.46.